The van der Waals surface area contributed by atoms with Gasteiger partial charge >= 0.3 is 11.9 Å². The van der Waals surface area contributed by atoms with Gasteiger partial charge in [-0.05, 0) is 18.1 Å². The highest BCUT2D eigenvalue weighted by atomic mass is 16.5. The monoisotopic (exact) mass is 337 g/mol. The van der Waals surface area contributed by atoms with E-state index in [-0.39, 0.29) is 11.5 Å². The number of hydrogen-bond acceptors (Lipinski definition) is 6. The molecule has 2 atom stereocenters. The Morgan fingerprint density at radius 1 is 1.17 bits per heavy atom. The quantitative estimate of drug-likeness (QED) is 0.724. The molecule has 7 nitrogen and oxygen atoms in total. The average Bonchev–Trinajstić information content (AvgIpc) is 2.62. The van der Waals surface area contributed by atoms with Gasteiger partial charge in [-0.15, -0.1) is 0 Å². The normalized spacial score (nSPS) is 12.7. The van der Waals surface area contributed by atoms with Gasteiger partial charge in [0.05, 0.1) is 14.2 Å². The fraction of sp³-hybridized carbons (Fsp3) is 0.471. The SMILES string of the molecule is CCC(C)C(NC(=O)COC(=O)c1ccccc1OC)C(=O)OC. The molecule has 1 aromatic carbocycles. The second kappa shape index (κ2) is 9.54. The lowest BCUT2D eigenvalue weighted by molar-refractivity contribution is -0.147. The third kappa shape index (κ3) is 5.26. The number of ether oxygens (including phenoxy) is 3. The summed E-state index contributed by atoms with van der Waals surface area (Å²) in [6, 6.07) is 5.75. The van der Waals surface area contributed by atoms with E-state index >= 15 is 0 Å². The van der Waals surface area contributed by atoms with Gasteiger partial charge in [0.25, 0.3) is 5.91 Å². The summed E-state index contributed by atoms with van der Waals surface area (Å²) in [5.41, 5.74) is 0.222. The zero-order chi connectivity index (χ0) is 18.1. The van der Waals surface area contributed by atoms with Crippen LogP contribution in [0.5, 0.6) is 5.75 Å². The van der Waals surface area contributed by atoms with Gasteiger partial charge < -0.3 is 19.5 Å². The van der Waals surface area contributed by atoms with Crippen molar-refractivity contribution in [1.82, 2.24) is 5.32 Å². The number of amides is 1. The Bertz CT molecular complexity index is 586. The number of hydrogen-bond donors (Lipinski definition) is 1. The summed E-state index contributed by atoms with van der Waals surface area (Å²) in [7, 11) is 2.69. The van der Waals surface area contributed by atoms with Crippen LogP contribution in [0.15, 0.2) is 24.3 Å². The molecule has 1 aromatic rings. The number of carbonyl (C=O) groups excluding carboxylic acids is 3. The first-order chi connectivity index (χ1) is 11.4. The molecule has 0 bridgehead atoms. The molecule has 0 spiro atoms. The van der Waals surface area contributed by atoms with Crippen molar-refractivity contribution < 1.29 is 28.6 Å². The van der Waals surface area contributed by atoms with Crippen molar-refractivity contribution in [3.8, 4) is 5.75 Å². The number of esters is 2. The Morgan fingerprint density at radius 3 is 2.42 bits per heavy atom. The number of nitrogens with one attached hydrogen (secondary N) is 1. The van der Waals surface area contributed by atoms with Crippen molar-refractivity contribution in [1.29, 1.82) is 0 Å². The Balaban J connectivity index is 2.64. The van der Waals surface area contributed by atoms with Gasteiger partial charge in [-0.3, -0.25) is 4.79 Å². The topological polar surface area (TPSA) is 90.9 Å². The minimum atomic E-state index is -0.780. The maximum absolute atomic E-state index is 12.0. The Kier molecular flexibility index (Phi) is 7.74. The van der Waals surface area contributed by atoms with Crippen LogP contribution in [0, 0.1) is 5.92 Å². The molecule has 0 saturated carbocycles. The summed E-state index contributed by atoms with van der Waals surface area (Å²) in [6.07, 6.45) is 0.682. The molecule has 0 aliphatic heterocycles. The average molecular weight is 337 g/mol. The van der Waals surface area contributed by atoms with Crippen molar-refractivity contribution in [3.05, 3.63) is 29.8 Å². The molecule has 0 radical (unpaired) electrons. The molecule has 0 aliphatic rings. The van der Waals surface area contributed by atoms with E-state index in [9.17, 15) is 14.4 Å². The van der Waals surface area contributed by atoms with Crippen LogP contribution in [0.1, 0.15) is 30.6 Å². The van der Waals surface area contributed by atoms with Crippen LogP contribution < -0.4 is 10.1 Å². The molecule has 24 heavy (non-hydrogen) atoms. The third-order valence-corrected chi connectivity index (χ3v) is 3.65. The summed E-state index contributed by atoms with van der Waals surface area (Å²) >= 11 is 0. The van der Waals surface area contributed by atoms with Crippen molar-refractivity contribution >= 4 is 17.8 Å². The van der Waals surface area contributed by atoms with Crippen molar-refractivity contribution in [2.24, 2.45) is 5.92 Å². The van der Waals surface area contributed by atoms with E-state index in [4.69, 9.17) is 9.47 Å². The summed E-state index contributed by atoms with van der Waals surface area (Å²) in [5.74, 6) is -1.54. The lowest BCUT2D eigenvalue weighted by Crippen LogP contribution is -2.47. The lowest BCUT2D eigenvalue weighted by atomic mass is 9.99. The zero-order valence-corrected chi connectivity index (χ0v) is 14.3. The highest BCUT2D eigenvalue weighted by molar-refractivity contribution is 5.94. The second-order valence-electron chi connectivity index (χ2n) is 5.23. The molecule has 0 heterocycles. The Morgan fingerprint density at radius 2 is 1.83 bits per heavy atom. The smallest absolute Gasteiger partial charge is 0.342 e. The molecule has 0 aromatic heterocycles. The molecule has 0 saturated heterocycles. The predicted molar refractivity (Wildman–Crippen MR) is 86.7 cm³/mol. The minimum Gasteiger partial charge on any atom is -0.496 e. The molecular weight excluding hydrogens is 314 g/mol. The minimum absolute atomic E-state index is 0.105. The van der Waals surface area contributed by atoms with Gasteiger partial charge in [0.15, 0.2) is 6.61 Å². The molecule has 7 heteroatoms. The molecule has 0 fully saturated rings. The van der Waals surface area contributed by atoms with Crippen molar-refractivity contribution in [3.63, 3.8) is 0 Å². The molecule has 132 valence electrons. The van der Waals surface area contributed by atoms with Crippen LogP contribution in [0.3, 0.4) is 0 Å². The summed E-state index contributed by atoms with van der Waals surface area (Å²) in [4.78, 5) is 35.7. The predicted octanol–water partition coefficient (Wildman–Crippen LogP) is 1.56. The van der Waals surface area contributed by atoms with Crippen LogP contribution in [-0.2, 0) is 19.1 Å². The number of para-hydroxylation sites is 1. The first-order valence-corrected chi connectivity index (χ1v) is 7.61. The van der Waals surface area contributed by atoms with Gasteiger partial charge in [-0.2, -0.15) is 0 Å². The first-order valence-electron chi connectivity index (χ1n) is 7.61. The molecule has 0 aliphatic carbocycles. The molecule has 2 unspecified atom stereocenters. The molecule has 1 N–H and O–H groups in total. The number of rotatable bonds is 8. The maximum atomic E-state index is 12.0. The fourth-order valence-electron chi connectivity index (χ4n) is 2.03. The van der Waals surface area contributed by atoms with Crippen molar-refractivity contribution in [2.75, 3.05) is 20.8 Å². The second-order valence-corrected chi connectivity index (χ2v) is 5.23. The van der Waals surface area contributed by atoms with E-state index in [0.29, 0.717) is 12.2 Å². The highest BCUT2D eigenvalue weighted by Crippen LogP contribution is 2.18. The van der Waals surface area contributed by atoms with Crippen LogP contribution >= 0.6 is 0 Å². The number of benzene rings is 1. The third-order valence-electron chi connectivity index (χ3n) is 3.65. The summed E-state index contributed by atoms with van der Waals surface area (Å²) in [5, 5.41) is 2.53. The van der Waals surface area contributed by atoms with E-state index < -0.39 is 30.5 Å². The Hall–Kier alpha value is -2.57. The van der Waals surface area contributed by atoms with Gasteiger partial charge in [-0.1, -0.05) is 32.4 Å². The first kappa shape index (κ1) is 19.5. The van der Waals surface area contributed by atoms with E-state index in [1.807, 2.05) is 13.8 Å². The van der Waals surface area contributed by atoms with Crippen LogP contribution in [0.25, 0.3) is 0 Å². The summed E-state index contributed by atoms with van der Waals surface area (Å²) < 4.78 is 14.7. The van der Waals surface area contributed by atoms with E-state index in [2.05, 4.69) is 10.1 Å². The zero-order valence-electron chi connectivity index (χ0n) is 14.3. The standard InChI is InChI=1S/C17H23NO6/c1-5-11(2)15(17(21)23-4)18-14(19)10-24-16(20)12-8-6-7-9-13(12)22-3/h6-9,11,15H,5,10H2,1-4H3,(H,18,19). The number of methoxy groups -OCH3 is 2. The molecular formula is C17H23NO6. The highest BCUT2D eigenvalue weighted by Gasteiger charge is 2.27. The van der Waals surface area contributed by atoms with Crippen LogP contribution in [0.2, 0.25) is 0 Å². The van der Waals surface area contributed by atoms with Gasteiger partial charge in [-0.25, -0.2) is 9.59 Å². The van der Waals surface area contributed by atoms with Crippen molar-refractivity contribution in [2.45, 2.75) is 26.3 Å². The number of carbonyl (C=O) groups is 3. The molecule has 1 amide bonds. The fourth-order valence-corrected chi connectivity index (χ4v) is 2.03. The van der Waals surface area contributed by atoms with E-state index in [0.717, 1.165) is 0 Å². The Labute approximate surface area is 141 Å². The van der Waals surface area contributed by atoms with E-state index in [1.54, 1.807) is 18.2 Å². The van der Waals surface area contributed by atoms with Crippen LogP contribution in [-0.4, -0.2) is 44.7 Å². The van der Waals surface area contributed by atoms with Crippen LogP contribution in [0.4, 0.5) is 0 Å². The maximum Gasteiger partial charge on any atom is 0.342 e. The van der Waals surface area contributed by atoms with E-state index in [1.165, 1.54) is 20.3 Å². The largest absolute Gasteiger partial charge is 0.496 e. The van der Waals surface area contributed by atoms with Gasteiger partial charge in [0.2, 0.25) is 0 Å². The van der Waals surface area contributed by atoms with Gasteiger partial charge in [0.1, 0.15) is 17.4 Å². The summed E-state index contributed by atoms with van der Waals surface area (Å²) in [6.45, 7) is 3.22. The lowest BCUT2D eigenvalue weighted by Gasteiger charge is -2.21. The molecule has 1 rings (SSSR count). The van der Waals surface area contributed by atoms with Gasteiger partial charge in [0, 0.05) is 0 Å².